The van der Waals surface area contributed by atoms with Crippen molar-refractivity contribution in [2.24, 2.45) is 0 Å². The second kappa shape index (κ2) is 5.89. The number of carbonyl (C=O) groups excluding carboxylic acids is 1. The van der Waals surface area contributed by atoms with Gasteiger partial charge in [0.1, 0.15) is 5.82 Å². The zero-order valence-electron chi connectivity index (χ0n) is 12.5. The Bertz CT molecular complexity index is 498. The van der Waals surface area contributed by atoms with E-state index < -0.39 is 5.54 Å². The first-order valence-electron chi connectivity index (χ1n) is 7.08. The summed E-state index contributed by atoms with van der Waals surface area (Å²) >= 11 is 0. The van der Waals surface area contributed by atoms with Crippen LogP contribution < -0.4 is 5.73 Å². The van der Waals surface area contributed by atoms with E-state index in [0.717, 1.165) is 25.1 Å². The Morgan fingerprint density at radius 2 is 2.15 bits per heavy atom. The molecule has 2 heterocycles. The average Bonchev–Trinajstić information content (AvgIpc) is 2.49. The van der Waals surface area contributed by atoms with Gasteiger partial charge < -0.3 is 10.5 Å². The number of hydrogen-bond donors (Lipinski definition) is 1. The van der Waals surface area contributed by atoms with Crippen molar-refractivity contribution < 1.29 is 9.53 Å². The molecule has 1 unspecified atom stereocenters. The van der Waals surface area contributed by atoms with Crippen LogP contribution in [-0.4, -0.2) is 47.5 Å². The SMILES string of the molecule is CCC(C)(C(=O)c1cc(C)cnc1N)N1CCOCC1. The minimum absolute atomic E-state index is 0.0515. The minimum Gasteiger partial charge on any atom is -0.383 e. The van der Waals surface area contributed by atoms with Crippen LogP contribution >= 0.6 is 0 Å². The fraction of sp³-hybridized carbons (Fsp3) is 0.600. The number of ketones is 1. The smallest absolute Gasteiger partial charge is 0.186 e. The summed E-state index contributed by atoms with van der Waals surface area (Å²) in [7, 11) is 0. The number of ether oxygens (including phenoxy) is 1. The van der Waals surface area contributed by atoms with E-state index in [2.05, 4.69) is 9.88 Å². The molecular weight excluding hydrogens is 254 g/mol. The van der Waals surface area contributed by atoms with Gasteiger partial charge in [0.25, 0.3) is 0 Å². The highest BCUT2D eigenvalue weighted by molar-refractivity contribution is 6.06. The van der Waals surface area contributed by atoms with Crippen LogP contribution in [0.25, 0.3) is 0 Å². The van der Waals surface area contributed by atoms with Crippen LogP contribution in [0.15, 0.2) is 12.3 Å². The fourth-order valence-corrected chi connectivity index (χ4v) is 2.64. The van der Waals surface area contributed by atoms with Crippen molar-refractivity contribution >= 4 is 11.6 Å². The summed E-state index contributed by atoms with van der Waals surface area (Å²) in [5.41, 5.74) is 6.82. The molecule has 0 aliphatic carbocycles. The topological polar surface area (TPSA) is 68.5 Å². The molecule has 5 heteroatoms. The molecule has 0 amide bonds. The molecule has 0 aromatic carbocycles. The van der Waals surface area contributed by atoms with Crippen molar-refractivity contribution in [1.82, 2.24) is 9.88 Å². The number of anilines is 1. The summed E-state index contributed by atoms with van der Waals surface area (Å²) in [5.74, 6) is 0.365. The van der Waals surface area contributed by atoms with E-state index in [9.17, 15) is 4.79 Å². The Labute approximate surface area is 120 Å². The Morgan fingerprint density at radius 1 is 1.50 bits per heavy atom. The van der Waals surface area contributed by atoms with Crippen LogP contribution in [0.5, 0.6) is 0 Å². The average molecular weight is 277 g/mol. The lowest BCUT2D eigenvalue weighted by Gasteiger charge is -2.41. The van der Waals surface area contributed by atoms with Crippen molar-refractivity contribution in [2.45, 2.75) is 32.7 Å². The maximum absolute atomic E-state index is 13.0. The number of rotatable bonds is 4. The van der Waals surface area contributed by atoms with Crippen LogP contribution in [-0.2, 0) is 4.74 Å². The molecule has 0 bridgehead atoms. The standard InChI is InChI=1S/C15H23N3O2/c1-4-15(3,18-5-7-20-8-6-18)13(19)12-9-11(2)10-17-14(12)16/h9-10H,4-8H2,1-3H3,(H2,16,17). The summed E-state index contributed by atoms with van der Waals surface area (Å²) in [6, 6.07) is 1.83. The van der Waals surface area contributed by atoms with Gasteiger partial charge in [-0.2, -0.15) is 0 Å². The van der Waals surface area contributed by atoms with Gasteiger partial charge in [-0.1, -0.05) is 6.92 Å². The van der Waals surface area contributed by atoms with Crippen molar-refractivity contribution in [2.75, 3.05) is 32.0 Å². The summed E-state index contributed by atoms with van der Waals surface area (Å²) in [5, 5.41) is 0. The summed E-state index contributed by atoms with van der Waals surface area (Å²) < 4.78 is 5.38. The third-order valence-corrected chi connectivity index (χ3v) is 4.19. The van der Waals surface area contributed by atoms with Crippen molar-refractivity contribution in [1.29, 1.82) is 0 Å². The normalized spacial score (nSPS) is 19.6. The molecule has 1 atom stereocenters. The highest BCUT2D eigenvalue weighted by Crippen LogP contribution is 2.27. The summed E-state index contributed by atoms with van der Waals surface area (Å²) in [6.45, 7) is 8.83. The number of carbonyl (C=O) groups is 1. The lowest BCUT2D eigenvalue weighted by atomic mass is 9.86. The predicted octanol–water partition coefficient (Wildman–Crippen LogP) is 1.66. The number of pyridine rings is 1. The van der Waals surface area contributed by atoms with Gasteiger partial charge in [-0.15, -0.1) is 0 Å². The quantitative estimate of drug-likeness (QED) is 0.848. The van der Waals surface area contributed by atoms with E-state index in [1.165, 1.54) is 0 Å². The number of Topliss-reactive ketones (excluding diaryl/α,β-unsaturated/α-hetero) is 1. The third kappa shape index (κ3) is 2.69. The van der Waals surface area contributed by atoms with E-state index >= 15 is 0 Å². The lowest BCUT2D eigenvalue weighted by Crippen LogP contribution is -2.56. The van der Waals surface area contributed by atoms with Gasteiger partial charge in [0, 0.05) is 19.3 Å². The number of aromatic nitrogens is 1. The van der Waals surface area contributed by atoms with E-state index in [1.54, 1.807) is 6.20 Å². The van der Waals surface area contributed by atoms with Gasteiger partial charge in [0.15, 0.2) is 5.78 Å². The Hall–Kier alpha value is -1.46. The van der Waals surface area contributed by atoms with Crippen LogP contribution in [0.4, 0.5) is 5.82 Å². The van der Waals surface area contributed by atoms with Crippen molar-refractivity contribution in [3.63, 3.8) is 0 Å². The van der Waals surface area contributed by atoms with Gasteiger partial charge in [0.2, 0.25) is 0 Å². The van der Waals surface area contributed by atoms with Gasteiger partial charge >= 0.3 is 0 Å². The molecular formula is C15H23N3O2. The first kappa shape index (κ1) is 14.9. The molecule has 1 aromatic rings. The van der Waals surface area contributed by atoms with Crippen LogP contribution in [0.3, 0.4) is 0 Å². The number of morpholine rings is 1. The zero-order valence-corrected chi connectivity index (χ0v) is 12.5. The summed E-state index contributed by atoms with van der Waals surface area (Å²) in [4.78, 5) is 19.3. The second-order valence-electron chi connectivity index (χ2n) is 5.50. The predicted molar refractivity (Wildman–Crippen MR) is 78.8 cm³/mol. The molecule has 110 valence electrons. The Kier molecular flexibility index (Phi) is 4.40. The molecule has 1 aliphatic rings. The van der Waals surface area contributed by atoms with E-state index in [0.29, 0.717) is 24.6 Å². The second-order valence-corrected chi connectivity index (χ2v) is 5.50. The molecule has 0 spiro atoms. The molecule has 1 fully saturated rings. The molecule has 1 aliphatic heterocycles. The van der Waals surface area contributed by atoms with Crippen LogP contribution in [0.1, 0.15) is 36.2 Å². The molecule has 1 saturated heterocycles. The van der Waals surface area contributed by atoms with Crippen molar-refractivity contribution in [3.05, 3.63) is 23.4 Å². The molecule has 1 aromatic heterocycles. The number of nitrogen functional groups attached to an aromatic ring is 1. The molecule has 2 N–H and O–H groups in total. The van der Waals surface area contributed by atoms with Gasteiger partial charge in [-0.3, -0.25) is 9.69 Å². The molecule has 0 saturated carbocycles. The number of nitrogens with zero attached hydrogens (tertiary/aromatic N) is 2. The van der Waals surface area contributed by atoms with Gasteiger partial charge in [0.05, 0.1) is 24.3 Å². The van der Waals surface area contributed by atoms with Crippen molar-refractivity contribution in [3.8, 4) is 0 Å². The molecule has 20 heavy (non-hydrogen) atoms. The van der Waals surface area contributed by atoms with Crippen LogP contribution in [0, 0.1) is 6.92 Å². The molecule has 2 rings (SSSR count). The maximum atomic E-state index is 13.0. The highest BCUT2D eigenvalue weighted by Gasteiger charge is 2.39. The van der Waals surface area contributed by atoms with Crippen LogP contribution in [0.2, 0.25) is 0 Å². The Morgan fingerprint density at radius 3 is 2.75 bits per heavy atom. The molecule has 5 nitrogen and oxygen atoms in total. The van der Waals surface area contributed by atoms with Gasteiger partial charge in [-0.25, -0.2) is 4.98 Å². The largest absolute Gasteiger partial charge is 0.383 e. The van der Waals surface area contributed by atoms with Gasteiger partial charge in [-0.05, 0) is 31.9 Å². The van der Waals surface area contributed by atoms with E-state index in [-0.39, 0.29) is 5.78 Å². The maximum Gasteiger partial charge on any atom is 0.186 e. The monoisotopic (exact) mass is 277 g/mol. The zero-order chi connectivity index (χ0) is 14.8. The molecule has 0 radical (unpaired) electrons. The Balaban J connectivity index is 2.34. The number of aryl methyl sites for hydroxylation is 1. The number of hydrogen-bond acceptors (Lipinski definition) is 5. The fourth-order valence-electron chi connectivity index (χ4n) is 2.64. The van der Waals surface area contributed by atoms with E-state index in [1.807, 2.05) is 26.8 Å². The minimum atomic E-state index is -0.548. The first-order valence-corrected chi connectivity index (χ1v) is 7.08. The number of nitrogens with two attached hydrogens (primary N) is 1. The first-order chi connectivity index (χ1) is 9.49. The highest BCUT2D eigenvalue weighted by atomic mass is 16.5. The van der Waals surface area contributed by atoms with E-state index in [4.69, 9.17) is 10.5 Å². The summed E-state index contributed by atoms with van der Waals surface area (Å²) in [6.07, 6.45) is 2.42. The third-order valence-electron chi connectivity index (χ3n) is 4.19. The lowest BCUT2D eigenvalue weighted by molar-refractivity contribution is -0.0106.